The van der Waals surface area contributed by atoms with E-state index in [-0.39, 0.29) is 5.91 Å². The minimum Gasteiger partial charge on any atom is -0.322 e. The third-order valence-electron chi connectivity index (χ3n) is 3.94. The second-order valence-electron chi connectivity index (χ2n) is 6.04. The summed E-state index contributed by atoms with van der Waals surface area (Å²) in [5, 5.41) is 4.12. The molecular formula is C22H30Cl2N2OS2. The second-order valence-corrected chi connectivity index (χ2v) is 8.02. The lowest BCUT2D eigenvalue weighted by Gasteiger charge is -2.17. The molecule has 1 aliphatic rings. The molecule has 3 rings (SSSR count). The first-order chi connectivity index (χ1) is 14.0. The van der Waals surface area contributed by atoms with Crippen molar-refractivity contribution in [2.24, 2.45) is 0 Å². The average Bonchev–Trinajstić information content (AvgIpc) is 3.25. The number of hydrogen-bond acceptors (Lipinski definition) is 4. The number of carbonyl (C=O) groups is 1. The quantitative estimate of drug-likeness (QED) is 0.346. The molecule has 3 nitrogen and oxygen atoms in total. The molecule has 1 amide bonds. The highest BCUT2D eigenvalue weighted by atomic mass is 35.5. The Morgan fingerprint density at radius 3 is 2.41 bits per heavy atom. The van der Waals surface area contributed by atoms with Crippen LogP contribution in [0.15, 0.2) is 36.4 Å². The van der Waals surface area contributed by atoms with Gasteiger partial charge in [0.25, 0.3) is 5.91 Å². The van der Waals surface area contributed by atoms with E-state index in [4.69, 9.17) is 23.2 Å². The summed E-state index contributed by atoms with van der Waals surface area (Å²) in [7, 11) is 0. The van der Waals surface area contributed by atoms with Crippen molar-refractivity contribution in [3.8, 4) is 0 Å². The Morgan fingerprint density at radius 2 is 1.79 bits per heavy atom. The zero-order valence-electron chi connectivity index (χ0n) is 17.5. The molecule has 1 aliphatic heterocycles. The Morgan fingerprint density at radius 1 is 1.10 bits per heavy atom. The lowest BCUT2D eigenvalue weighted by molar-refractivity contribution is 0.102. The van der Waals surface area contributed by atoms with Crippen molar-refractivity contribution in [1.82, 2.24) is 0 Å². The van der Waals surface area contributed by atoms with Crippen LogP contribution < -0.4 is 9.62 Å². The summed E-state index contributed by atoms with van der Waals surface area (Å²) in [4.78, 5) is 12.7. The lowest BCUT2D eigenvalue weighted by Crippen LogP contribution is -2.14. The number of nitrogens with one attached hydrogen (secondary N) is 1. The molecule has 0 bridgehead atoms. The van der Waals surface area contributed by atoms with E-state index in [0.29, 0.717) is 21.3 Å². The van der Waals surface area contributed by atoms with Gasteiger partial charge < -0.3 is 9.62 Å². The third kappa shape index (κ3) is 8.33. The molecule has 1 N–H and O–H groups in total. The number of halogens is 2. The molecule has 1 fully saturated rings. The molecule has 0 atom stereocenters. The minimum atomic E-state index is -0.183. The zero-order valence-corrected chi connectivity index (χ0v) is 20.7. The number of carbonyl (C=O) groups excluding carboxylic acids is 1. The van der Waals surface area contributed by atoms with Crippen LogP contribution in [-0.2, 0) is 6.42 Å². The first-order valence-electron chi connectivity index (χ1n) is 9.82. The monoisotopic (exact) mass is 472 g/mol. The van der Waals surface area contributed by atoms with Crippen molar-refractivity contribution in [3.05, 3.63) is 57.6 Å². The van der Waals surface area contributed by atoms with E-state index >= 15 is 0 Å². The van der Waals surface area contributed by atoms with E-state index in [2.05, 4.69) is 29.2 Å². The van der Waals surface area contributed by atoms with E-state index in [9.17, 15) is 4.79 Å². The fourth-order valence-corrected chi connectivity index (χ4v) is 4.34. The molecule has 0 unspecified atom stereocenters. The van der Waals surface area contributed by atoms with E-state index in [0.717, 1.165) is 42.8 Å². The van der Waals surface area contributed by atoms with Crippen molar-refractivity contribution >= 4 is 65.1 Å². The third-order valence-corrected chi connectivity index (χ3v) is 5.55. The molecule has 2 aromatic rings. The van der Waals surface area contributed by atoms with Gasteiger partial charge in [-0.15, -0.1) is 0 Å². The van der Waals surface area contributed by atoms with Crippen molar-refractivity contribution in [2.45, 2.75) is 40.0 Å². The van der Waals surface area contributed by atoms with Crippen molar-refractivity contribution < 1.29 is 4.79 Å². The average molecular weight is 474 g/mol. The van der Waals surface area contributed by atoms with Gasteiger partial charge in [0, 0.05) is 39.3 Å². The normalized spacial score (nSPS) is 12.4. The van der Waals surface area contributed by atoms with E-state index in [1.807, 2.05) is 38.1 Å². The predicted molar refractivity (Wildman–Crippen MR) is 136 cm³/mol. The van der Waals surface area contributed by atoms with Gasteiger partial charge in [0.2, 0.25) is 0 Å². The number of benzene rings is 2. The number of amides is 1. The van der Waals surface area contributed by atoms with Crippen LogP contribution in [0, 0.1) is 0 Å². The van der Waals surface area contributed by atoms with Crippen LogP contribution in [0.3, 0.4) is 0 Å². The van der Waals surface area contributed by atoms with Crippen molar-refractivity contribution in [3.63, 3.8) is 0 Å². The molecule has 2 aromatic carbocycles. The number of anilines is 2. The number of thiol groups is 1. The largest absolute Gasteiger partial charge is 0.322 e. The number of rotatable bonds is 5. The van der Waals surface area contributed by atoms with Gasteiger partial charge in [-0.05, 0) is 73.0 Å². The van der Waals surface area contributed by atoms with Gasteiger partial charge in [-0.25, -0.2) is 0 Å². The highest BCUT2D eigenvalue weighted by molar-refractivity contribution is 8.00. The molecule has 1 heterocycles. The highest BCUT2D eigenvalue weighted by Crippen LogP contribution is 2.31. The SMILES string of the molecule is CC.CCCc1cc(Cl)cc(NC(=O)c2cc(Cl)cc(N3CCCS3)c2)c1.CS. The first kappa shape index (κ1) is 26.0. The summed E-state index contributed by atoms with van der Waals surface area (Å²) < 4.78 is 2.18. The Labute approximate surface area is 195 Å². The summed E-state index contributed by atoms with van der Waals surface area (Å²) in [5.41, 5.74) is 3.34. The van der Waals surface area contributed by atoms with Crippen LogP contribution in [0.5, 0.6) is 0 Å². The second kappa shape index (κ2) is 14.1. The fraction of sp³-hybridized carbons (Fsp3) is 0.409. The van der Waals surface area contributed by atoms with Gasteiger partial charge in [0.15, 0.2) is 0 Å². The van der Waals surface area contributed by atoms with Crippen LogP contribution in [0.2, 0.25) is 10.0 Å². The minimum absolute atomic E-state index is 0.183. The Hall–Kier alpha value is -1.01. The van der Waals surface area contributed by atoms with Gasteiger partial charge in [0.1, 0.15) is 0 Å². The standard InChI is InChI=1S/C19H20Cl2N2OS.C2H6.CH4S/c1-2-4-13-7-15(20)11-17(8-13)22-19(24)14-9-16(21)12-18(10-14)23-5-3-6-25-23;2*1-2/h7-12H,2-6H2,1H3,(H,22,24);1-2H3;2H,1H3. The Bertz CT molecular complexity index is 781. The molecule has 1 saturated heterocycles. The predicted octanol–water partition coefficient (Wildman–Crippen LogP) is 7.63. The molecule has 0 aromatic heterocycles. The molecule has 29 heavy (non-hydrogen) atoms. The van der Waals surface area contributed by atoms with Gasteiger partial charge in [-0.1, -0.05) is 50.4 Å². The number of hydrogen-bond donors (Lipinski definition) is 2. The van der Waals surface area contributed by atoms with Crippen LogP contribution >= 0.6 is 47.8 Å². The first-order valence-corrected chi connectivity index (χ1v) is 12.4. The maximum Gasteiger partial charge on any atom is 0.255 e. The lowest BCUT2D eigenvalue weighted by atomic mass is 10.1. The van der Waals surface area contributed by atoms with Gasteiger partial charge in [-0.3, -0.25) is 4.79 Å². The van der Waals surface area contributed by atoms with Crippen LogP contribution in [0.1, 0.15) is 49.5 Å². The zero-order chi connectivity index (χ0) is 21.8. The van der Waals surface area contributed by atoms with Gasteiger partial charge in [0.05, 0.1) is 0 Å². The topological polar surface area (TPSA) is 32.3 Å². The van der Waals surface area contributed by atoms with E-state index in [1.54, 1.807) is 30.3 Å². The molecule has 0 spiro atoms. The highest BCUT2D eigenvalue weighted by Gasteiger charge is 2.17. The van der Waals surface area contributed by atoms with E-state index in [1.165, 1.54) is 0 Å². The van der Waals surface area contributed by atoms with Crippen LogP contribution in [0.25, 0.3) is 0 Å². The summed E-state index contributed by atoms with van der Waals surface area (Å²) in [6.45, 7) is 7.09. The van der Waals surface area contributed by atoms with Crippen molar-refractivity contribution in [1.29, 1.82) is 0 Å². The molecular weight excluding hydrogens is 443 g/mol. The summed E-state index contributed by atoms with van der Waals surface area (Å²) in [5.74, 6) is 0.911. The summed E-state index contributed by atoms with van der Waals surface area (Å²) in [6.07, 6.45) is 4.79. The maximum absolute atomic E-state index is 12.7. The Kier molecular flexibility index (Phi) is 12.6. The summed E-state index contributed by atoms with van der Waals surface area (Å²) in [6, 6.07) is 11.1. The number of aryl methyl sites for hydroxylation is 1. The fourth-order valence-electron chi connectivity index (χ4n) is 2.86. The van der Waals surface area contributed by atoms with Crippen LogP contribution in [-0.4, -0.2) is 24.5 Å². The van der Waals surface area contributed by atoms with Crippen molar-refractivity contribution in [2.75, 3.05) is 28.2 Å². The van der Waals surface area contributed by atoms with Crippen LogP contribution in [0.4, 0.5) is 11.4 Å². The molecule has 7 heteroatoms. The van der Waals surface area contributed by atoms with Gasteiger partial charge >= 0.3 is 0 Å². The molecule has 0 radical (unpaired) electrons. The molecule has 0 saturated carbocycles. The molecule has 160 valence electrons. The molecule has 0 aliphatic carbocycles. The van der Waals surface area contributed by atoms with Gasteiger partial charge in [-0.2, -0.15) is 12.6 Å². The summed E-state index contributed by atoms with van der Waals surface area (Å²) >= 11 is 17.7. The number of nitrogens with zero attached hydrogens (tertiary/aromatic N) is 1. The maximum atomic E-state index is 12.7. The van der Waals surface area contributed by atoms with E-state index < -0.39 is 0 Å². The smallest absolute Gasteiger partial charge is 0.255 e. The Balaban J connectivity index is 0.000000989.